The lowest BCUT2D eigenvalue weighted by molar-refractivity contribution is -0.205. The molecule has 218 valence electrons. The second kappa shape index (κ2) is 10.0. The summed E-state index contributed by atoms with van der Waals surface area (Å²) in [6.07, 6.45) is -3.67. The average molecular weight is 615 g/mol. The van der Waals surface area contributed by atoms with Crippen LogP contribution in [0.3, 0.4) is 0 Å². The van der Waals surface area contributed by atoms with Crippen LogP contribution in [0.5, 0.6) is 0 Å². The average Bonchev–Trinajstić information content (AvgIpc) is 3.57. The number of benzene rings is 1. The number of rotatable bonds is 4. The van der Waals surface area contributed by atoms with Gasteiger partial charge in [0.25, 0.3) is 0 Å². The number of carbonyl (C=O) groups is 1. The molecule has 1 aromatic carbocycles. The molecule has 4 atom stereocenters. The fourth-order valence-electron chi connectivity index (χ4n) is 5.44. The minimum Gasteiger partial charge on any atom is -0.454 e. The molecule has 0 bridgehead atoms. The number of halogens is 5. The molecule has 1 aliphatic carbocycles. The molecule has 0 saturated heterocycles. The Kier molecular flexibility index (Phi) is 7.09. The Morgan fingerprint density at radius 1 is 1.27 bits per heavy atom. The molecule has 1 fully saturated rings. The number of hydrogen-bond donors (Lipinski definition) is 1. The number of nitrogens with zero attached hydrogens (tertiary/aromatic N) is 5. The number of aromatic nitrogens is 3. The molecule has 3 heterocycles. The molecule has 16 heteroatoms. The summed E-state index contributed by atoms with van der Waals surface area (Å²) < 4.78 is 81.4. The number of hydrogen-bond acceptors (Lipinski definition) is 10. The minimum atomic E-state index is -5.26. The summed E-state index contributed by atoms with van der Waals surface area (Å²) in [6, 6.07) is 5.58. The lowest BCUT2D eigenvalue weighted by Crippen LogP contribution is -2.63. The van der Waals surface area contributed by atoms with Crippen molar-refractivity contribution in [3.05, 3.63) is 53.1 Å². The van der Waals surface area contributed by atoms with E-state index < -0.39 is 49.8 Å². The van der Waals surface area contributed by atoms with Crippen molar-refractivity contribution in [1.29, 1.82) is 0 Å². The van der Waals surface area contributed by atoms with E-state index in [0.29, 0.717) is 16.3 Å². The van der Waals surface area contributed by atoms with E-state index in [9.17, 15) is 22.2 Å². The van der Waals surface area contributed by atoms with Gasteiger partial charge in [0.05, 0.1) is 20.5 Å². The maximum absolute atomic E-state index is 15.3. The first-order valence-electron chi connectivity index (χ1n) is 12.2. The second-order valence-corrected chi connectivity index (χ2v) is 13.0. The Labute approximate surface area is 236 Å². The molecule has 1 saturated carbocycles. The summed E-state index contributed by atoms with van der Waals surface area (Å²) in [5.74, 6) is -3.34. The fourth-order valence-corrected chi connectivity index (χ4v) is 8.64. The van der Waals surface area contributed by atoms with E-state index in [1.807, 2.05) is 0 Å². The van der Waals surface area contributed by atoms with Crippen molar-refractivity contribution in [3.8, 4) is 22.8 Å². The summed E-state index contributed by atoms with van der Waals surface area (Å²) in [5, 5.41) is 4.29. The van der Waals surface area contributed by atoms with Gasteiger partial charge in [0.15, 0.2) is 17.3 Å². The maximum Gasteiger partial charge on any atom is 0.490 e. The monoisotopic (exact) mass is 614 g/mol. The normalized spacial score (nSPS) is 28.0. The first-order chi connectivity index (χ1) is 19.2. The highest BCUT2D eigenvalue weighted by Gasteiger charge is 2.62. The van der Waals surface area contributed by atoms with Crippen LogP contribution in [0.4, 0.5) is 17.6 Å². The molecule has 0 radical (unpaired) electrons. The van der Waals surface area contributed by atoms with Crippen LogP contribution in [0, 0.1) is 5.82 Å². The van der Waals surface area contributed by atoms with Gasteiger partial charge in [-0.3, -0.25) is 4.99 Å². The molecule has 2 aliphatic rings. The molecule has 3 aromatic rings. The molecule has 1 spiro atoms. The quantitative estimate of drug-likeness (QED) is 0.329. The van der Waals surface area contributed by atoms with E-state index in [2.05, 4.69) is 24.5 Å². The molecular formula is C25H23ClF4N6O4S. The summed E-state index contributed by atoms with van der Waals surface area (Å²) >= 11 is 5.83. The van der Waals surface area contributed by atoms with Crippen LogP contribution in [-0.4, -0.2) is 61.0 Å². The summed E-state index contributed by atoms with van der Waals surface area (Å²) in [5.41, 5.74) is 5.49. The van der Waals surface area contributed by atoms with Crippen molar-refractivity contribution >= 4 is 33.1 Å². The minimum absolute atomic E-state index is 0.00768. The molecule has 1 aliphatic heterocycles. The Hall–Kier alpha value is -3.59. The number of carbonyl (C=O) groups excluding carboxylic acids is 1. The van der Waals surface area contributed by atoms with Gasteiger partial charge in [-0.1, -0.05) is 16.8 Å². The molecule has 2 unspecified atom stereocenters. The van der Waals surface area contributed by atoms with Crippen LogP contribution >= 0.6 is 11.6 Å². The second-order valence-electron chi connectivity index (χ2n) is 9.91. The summed E-state index contributed by atoms with van der Waals surface area (Å²) in [6.45, 7) is 1.50. The standard InChI is InChI=1S/C25H23ClF4N6O4S/c1-23(12-41(38,32-2)24(21(31)35-23)7-3-4-19(24)39-22(37)25(28,29)30)15-8-13(5-6-16(15)27)18-9-17(36-40-18)20-33-10-14(26)11-34-20/h5-6,8-11,19H,3-4,7,12H2,1-2H3,(H2,31,35)/t19?,23-,24?,41-/m0/s1. The number of nitrogens with two attached hydrogens (primary N) is 1. The molecule has 0 amide bonds. The molecule has 2 N–H and O–H groups in total. The predicted molar refractivity (Wildman–Crippen MR) is 141 cm³/mol. The van der Waals surface area contributed by atoms with Crippen LogP contribution in [-0.2, 0) is 24.8 Å². The van der Waals surface area contributed by atoms with E-state index in [0.717, 1.165) is 0 Å². The van der Waals surface area contributed by atoms with E-state index in [-0.39, 0.29) is 42.2 Å². The molecule has 5 rings (SSSR count). The Morgan fingerprint density at radius 3 is 2.63 bits per heavy atom. The van der Waals surface area contributed by atoms with Gasteiger partial charge in [-0.05, 0) is 44.4 Å². The third kappa shape index (κ3) is 4.84. The Morgan fingerprint density at radius 2 is 1.98 bits per heavy atom. The third-order valence-electron chi connectivity index (χ3n) is 7.35. The van der Waals surface area contributed by atoms with E-state index >= 15 is 4.39 Å². The van der Waals surface area contributed by atoms with Gasteiger partial charge in [-0.2, -0.15) is 13.2 Å². The topological polar surface area (TPSA) is 146 Å². The first kappa shape index (κ1) is 28.9. The van der Waals surface area contributed by atoms with Crippen molar-refractivity contribution in [2.45, 2.75) is 48.8 Å². The smallest absolute Gasteiger partial charge is 0.454 e. The highest BCUT2D eigenvalue weighted by Crippen LogP contribution is 2.48. The Bertz CT molecular complexity index is 1670. The van der Waals surface area contributed by atoms with Gasteiger partial charge >= 0.3 is 12.1 Å². The van der Waals surface area contributed by atoms with E-state index in [1.165, 1.54) is 44.6 Å². The van der Waals surface area contributed by atoms with Crippen LogP contribution < -0.4 is 5.73 Å². The third-order valence-corrected chi connectivity index (χ3v) is 10.9. The fraction of sp³-hybridized carbons (Fsp3) is 0.400. The molecule has 41 heavy (non-hydrogen) atoms. The first-order valence-corrected chi connectivity index (χ1v) is 14.3. The van der Waals surface area contributed by atoms with Gasteiger partial charge < -0.3 is 15.0 Å². The summed E-state index contributed by atoms with van der Waals surface area (Å²) in [4.78, 5) is 24.4. The maximum atomic E-state index is 15.3. The van der Waals surface area contributed by atoms with Crippen molar-refractivity contribution in [2.24, 2.45) is 15.1 Å². The number of ether oxygens (including phenoxy) is 1. The molecular weight excluding hydrogens is 592 g/mol. The van der Waals surface area contributed by atoms with Crippen molar-refractivity contribution in [1.82, 2.24) is 15.1 Å². The van der Waals surface area contributed by atoms with Crippen LogP contribution in [0.1, 0.15) is 31.7 Å². The zero-order valence-electron chi connectivity index (χ0n) is 21.6. The summed E-state index contributed by atoms with van der Waals surface area (Å²) in [7, 11) is -2.31. The highest BCUT2D eigenvalue weighted by atomic mass is 35.5. The molecule has 2 aromatic heterocycles. The van der Waals surface area contributed by atoms with Crippen molar-refractivity contribution < 1.29 is 35.8 Å². The zero-order valence-corrected chi connectivity index (χ0v) is 23.2. The van der Waals surface area contributed by atoms with Gasteiger partial charge in [-0.25, -0.2) is 27.7 Å². The number of amidine groups is 1. The van der Waals surface area contributed by atoms with Crippen molar-refractivity contribution in [2.75, 3.05) is 12.8 Å². The van der Waals surface area contributed by atoms with E-state index in [4.69, 9.17) is 26.6 Å². The van der Waals surface area contributed by atoms with Crippen LogP contribution in [0.15, 0.2) is 50.5 Å². The number of esters is 1. The van der Waals surface area contributed by atoms with Gasteiger partial charge in [-0.15, -0.1) is 0 Å². The Balaban J connectivity index is 1.55. The van der Waals surface area contributed by atoms with Crippen molar-refractivity contribution in [3.63, 3.8) is 0 Å². The van der Waals surface area contributed by atoms with Gasteiger partial charge in [0.2, 0.25) is 0 Å². The zero-order chi connectivity index (χ0) is 29.8. The number of aliphatic imine (C=N–C) groups is 1. The largest absolute Gasteiger partial charge is 0.490 e. The van der Waals surface area contributed by atoms with Crippen LogP contribution in [0.2, 0.25) is 5.02 Å². The highest BCUT2D eigenvalue weighted by molar-refractivity contribution is 7.96. The molecule has 10 nitrogen and oxygen atoms in total. The predicted octanol–water partition coefficient (Wildman–Crippen LogP) is 4.67. The lowest BCUT2D eigenvalue weighted by Gasteiger charge is -2.44. The van der Waals surface area contributed by atoms with Crippen LogP contribution in [0.25, 0.3) is 22.8 Å². The van der Waals surface area contributed by atoms with Gasteiger partial charge in [0.1, 0.15) is 28.0 Å². The SMILES string of the molecule is CN=[S@]1(=O)C[C@@](C)(c2cc(-c3cc(-c4ncc(Cl)cn4)no3)ccc2F)N=C(N)C12CCCC2OC(=O)C(F)(F)F. The number of alkyl halides is 3. The van der Waals surface area contributed by atoms with E-state index in [1.54, 1.807) is 6.07 Å². The van der Waals surface area contributed by atoms with Gasteiger partial charge in [0, 0.05) is 36.6 Å². The lowest BCUT2D eigenvalue weighted by atomic mass is 9.90.